The van der Waals surface area contributed by atoms with Gasteiger partial charge in [0.1, 0.15) is 5.82 Å². The maximum atomic E-state index is 12.4. The van der Waals surface area contributed by atoms with E-state index >= 15 is 0 Å². The minimum atomic E-state index is -0.197. The lowest BCUT2D eigenvalue weighted by molar-refractivity contribution is -0.114. The van der Waals surface area contributed by atoms with Gasteiger partial charge >= 0.3 is 0 Å². The predicted molar refractivity (Wildman–Crippen MR) is 101 cm³/mol. The fraction of sp³-hybridized carbons (Fsp3) is 0.250. The third-order valence-corrected chi connectivity index (χ3v) is 4.58. The monoisotopic (exact) mass is 348 g/mol. The third kappa shape index (κ3) is 3.18. The van der Waals surface area contributed by atoms with Crippen LogP contribution >= 0.6 is 0 Å². The number of carbonyl (C=O) groups is 2. The number of nitrogens with zero attached hydrogens (tertiary/aromatic N) is 2. The molecule has 1 aliphatic rings. The molecular formula is C20H20N4O2. The van der Waals surface area contributed by atoms with Crippen LogP contribution in [0.2, 0.25) is 0 Å². The number of aryl methyl sites for hydroxylation is 1. The molecule has 0 unspecified atom stereocenters. The van der Waals surface area contributed by atoms with E-state index in [1.165, 1.54) is 19.8 Å². The van der Waals surface area contributed by atoms with E-state index in [0.717, 1.165) is 16.9 Å². The van der Waals surface area contributed by atoms with Crippen molar-refractivity contribution < 1.29 is 9.59 Å². The van der Waals surface area contributed by atoms with Gasteiger partial charge < -0.3 is 15.2 Å². The molecule has 132 valence electrons. The van der Waals surface area contributed by atoms with Crippen LogP contribution in [0.15, 0.2) is 42.5 Å². The van der Waals surface area contributed by atoms with Gasteiger partial charge in [-0.25, -0.2) is 4.98 Å². The molecule has 0 atom stereocenters. The van der Waals surface area contributed by atoms with Gasteiger partial charge in [0.2, 0.25) is 5.91 Å². The summed E-state index contributed by atoms with van der Waals surface area (Å²) in [5, 5.41) is 5.59. The molecule has 0 aliphatic heterocycles. The molecule has 2 N–H and O–H groups in total. The van der Waals surface area contributed by atoms with Gasteiger partial charge in [0, 0.05) is 36.8 Å². The first-order valence-corrected chi connectivity index (χ1v) is 8.66. The fourth-order valence-electron chi connectivity index (χ4n) is 3.11. The van der Waals surface area contributed by atoms with Gasteiger partial charge in [-0.15, -0.1) is 0 Å². The maximum absolute atomic E-state index is 12.4. The van der Waals surface area contributed by atoms with Crippen LogP contribution in [-0.2, 0) is 11.8 Å². The van der Waals surface area contributed by atoms with Crippen molar-refractivity contribution in [2.45, 2.75) is 25.7 Å². The Bertz CT molecular complexity index is 1000. The first-order chi connectivity index (χ1) is 12.5. The summed E-state index contributed by atoms with van der Waals surface area (Å²) in [6.45, 7) is 1.45. The minimum Gasteiger partial charge on any atom is -0.331 e. The zero-order chi connectivity index (χ0) is 18.3. The van der Waals surface area contributed by atoms with Gasteiger partial charge in [-0.3, -0.25) is 9.59 Å². The van der Waals surface area contributed by atoms with E-state index in [1.807, 2.05) is 25.2 Å². The number of fused-ring (bicyclic) bond motifs is 1. The highest BCUT2D eigenvalue weighted by molar-refractivity contribution is 6.05. The van der Waals surface area contributed by atoms with Crippen molar-refractivity contribution in [3.05, 3.63) is 53.9 Å². The van der Waals surface area contributed by atoms with E-state index in [4.69, 9.17) is 4.98 Å². The lowest BCUT2D eigenvalue weighted by Gasteiger charge is -2.07. The van der Waals surface area contributed by atoms with Crippen LogP contribution in [0.5, 0.6) is 0 Å². The number of benzene rings is 2. The molecule has 6 nitrogen and oxygen atoms in total. The molecule has 1 saturated carbocycles. The molecular weight excluding hydrogens is 328 g/mol. The number of amides is 2. The largest absolute Gasteiger partial charge is 0.331 e. The summed E-state index contributed by atoms with van der Waals surface area (Å²) in [4.78, 5) is 28.2. The Labute approximate surface area is 151 Å². The van der Waals surface area contributed by atoms with Crippen LogP contribution in [0.1, 0.15) is 41.9 Å². The smallest absolute Gasteiger partial charge is 0.255 e. The molecule has 0 saturated heterocycles. The number of carbonyl (C=O) groups excluding carboxylic acids is 2. The zero-order valence-electron chi connectivity index (χ0n) is 14.7. The van der Waals surface area contributed by atoms with Gasteiger partial charge in [0.25, 0.3) is 5.91 Å². The summed E-state index contributed by atoms with van der Waals surface area (Å²) >= 11 is 0. The topological polar surface area (TPSA) is 76.0 Å². The van der Waals surface area contributed by atoms with E-state index < -0.39 is 0 Å². The molecule has 2 aromatic carbocycles. The molecule has 1 aromatic heterocycles. The van der Waals surface area contributed by atoms with Gasteiger partial charge in [0.15, 0.2) is 0 Å². The number of nitrogens with one attached hydrogen (secondary N) is 2. The molecule has 26 heavy (non-hydrogen) atoms. The number of imidazole rings is 1. The Balaban J connectivity index is 1.52. The summed E-state index contributed by atoms with van der Waals surface area (Å²) in [6.07, 6.45) is 2.41. The number of aromatic nitrogens is 2. The van der Waals surface area contributed by atoms with Crippen LogP contribution in [0.25, 0.3) is 11.0 Å². The second kappa shape index (κ2) is 6.29. The molecule has 0 spiro atoms. The van der Waals surface area contributed by atoms with E-state index in [9.17, 15) is 9.59 Å². The highest BCUT2D eigenvalue weighted by Crippen LogP contribution is 2.40. The summed E-state index contributed by atoms with van der Waals surface area (Å²) < 4.78 is 2.14. The Morgan fingerprint density at radius 2 is 1.73 bits per heavy atom. The summed E-state index contributed by atoms with van der Waals surface area (Å²) in [7, 11) is 2.04. The molecule has 6 heteroatoms. The highest BCUT2D eigenvalue weighted by atomic mass is 16.2. The summed E-state index contributed by atoms with van der Waals surface area (Å²) in [5.74, 6) is 1.36. The summed E-state index contributed by atoms with van der Waals surface area (Å²) in [6, 6.07) is 12.6. The third-order valence-electron chi connectivity index (χ3n) is 4.58. The first kappa shape index (κ1) is 16.3. The van der Waals surface area contributed by atoms with Crippen LogP contribution in [0, 0.1) is 0 Å². The summed E-state index contributed by atoms with van der Waals surface area (Å²) in [5.41, 5.74) is 3.88. The first-order valence-electron chi connectivity index (χ1n) is 8.66. The van der Waals surface area contributed by atoms with E-state index in [1.54, 1.807) is 24.3 Å². The highest BCUT2D eigenvalue weighted by Gasteiger charge is 2.28. The van der Waals surface area contributed by atoms with Crippen molar-refractivity contribution in [2.24, 2.45) is 7.05 Å². The lowest BCUT2D eigenvalue weighted by atomic mass is 10.2. The SMILES string of the molecule is CC(=O)Nc1ccc(C(=O)Nc2ccc3c(c2)nc(C2CC2)n3C)cc1. The molecule has 0 bridgehead atoms. The van der Waals surface area contributed by atoms with Crippen molar-refractivity contribution in [1.29, 1.82) is 0 Å². The van der Waals surface area contributed by atoms with Crippen LogP contribution < -0.4 is 10.6 Å². The van der Waals surface area contributed by atoms with Crippen molar-refractivity contribution >= 4 is 34.2 Å². The Morgan fingerprint density at radius 3 is 2.38 bits per heavy atom. The second-order valence-corrected chi connectivity index (χ2v) is 6.72. The average molecular weight is 348 g/mol. The van der Waals surface area contributed by atoms with Crippen molar-refractivity contribution in [1.82, 2.24) is 9.55 Å². The molecule has 1 fully saturated rings. The van der Waals surface area contributed by atoms with E-state index in [0.29, 0.717) is 22.9 Å². The molecule has 0 radical (unpaired) electrons. The van der Waals surface area contributed by atoms with Gasteiger partial charge in [-0.05, 0) is 55.3 Å². The predicted octanol–water partition coefficient (Wildman–Crippen LogP) is 3.66. The normalized spacial score (nSPS) is 13.6. The van der Waals surface area contributed by atoms with Crippen molar-refractivity contribution in [3.63, 3.8) is 0 Å². The second-order valence-electron chi connectivity index (χ2n) is 6.72. The van der Waals surface area contributed by atoms with Crippen LogP contribution in [0.3, 0.4) is 0 Å². The number of hydrogen-bond donors (Lipinski definition) is 2. The number of hydrogen-bond acceptors (Lipinski definition) is 3. The lowest BCUT2D eigenvalue weighted by Crippen LogP contribution is -2.12. The molecule has 1 heterocycles. The average Bonchev–Trinajstić information content (AvgIpc) is 3.39. The van der Waals surface area contributed by atoms with Gasteiger partial charge in [-0.1, -0.05) is 0 Å². The minimum absolute atomic E-state index is 0.142. The van der Waals surface area contributed by atoms with Crippen LogP contribution in [-0.4, -0.2) is 21.4 Å². The zero-order valence-corrected chi connectivity index (χ0v) is 14.7. The van der Waals surface area contributed by atoms with Gasteiger partial charge in [0.05, 0.1) is 11.0 Å². The molecule has 2 amide bonds. The molecule has 4 rings (SSSR count). The van der Waals surface area contributed by atoms with Crippen LogP contribution in [0.4, 0.5) is 11.4 Å². The number of rotatable bonds is 4. The Kier molecular flexibility index (Phi) is 3.95. The Hall–Kier alpha value is -3.15. The van der Waals surface area contributed by atoms with Crippen molar-refractivity contribution in [2.75, 3.05) is 10.6 Å². The van der Waals surface area contributed by atoms with Crippen molar-refractivity contribution in [3.8, 4) is 0 Å². The van der Waals surface area contributed by atoms with E-state index in [2.05, 4.69) is 15.2 Å². The number of anilines is 2. The van der Waals surface area contributed by atoms with E-state index in [-0.39, 0.29) is 11.8 Å². The Morgan fingerprint density at radius 1 is 1.04 bits per heavy atom. The maximum Gasteiger partial charge on any atom is 0.255 e. The molecule has 3 aromatic rings. The molecule has 1 aliphatic carbocycles. The fourth-order valence-corrected chi connectivity index (χ4v) is 3.11. The van der Waals surface area contributed by atoms with Gasteiger partial charge in [-0.2, -0.15) is 0 Å². The quantitative estimate of drug-likeness (QED) is 0.755. The standard InChI is InChI=1S/C20H20N4O2/c1-12(25)21-15-7-5-14(6-8-15)20(26)22-16-9-10-18-17(11-16)23-19(24(18)2)13-3-4-13/h5-11,13H,3-4H2,1-2H3,(H,21,25)(H,22,26).